The van der Waals surface area contributed by atoms with E-state index < -0.39 is 9.84 Å². The summed E-state index contributed by atoms with van der Waals surface area (Å²) in [6.07, 6.45) is 0.697. The third-order valence-electron chi connectivity index (χ3n) is 3.94. The number of hydrogen-bond donors (Lipinski definition) is 2. The van der Waals surface area contributed by atoms with E-state index >= 15 is 0 Å². The Hall–Kier alpha value is -0.830. The van der Waals surface area contributed by atoms with Crippen LogP contribution in [0.15, 0.2) is 40.2 Å². The number of nitrogens with zero attached hydrogens (tertiary/aromatic N) is 1. The van der Waals surface area contributed by atoms with Gasteiger partial charge in [0.2, 0.25) is 0 Å². The molecule has 0 aliphatic heterocycles. The van der Waals surface area contributed by atoms with E-state index in [-0.39, 0.29) is 41.8 Å². The minimum atomic E-state index is -3.32. The first-order valence-corrected chi connectivity index (χ1v) is 9.73. The lowest BCUT2D eigenvalue weighted by molar-refractivity contribution is 0.475. The van der Waals surface area contributed by atoms with E-state index in [0.29, 0.717) is 23.2 Å². The zero-order valence-corrected chi connectivity index (χ0v) is 18.3. The summed E-state index contributed by atoms with van der Waals surface area (Å²) in [6, 6.07) is 8.63. The zero-order chi connectivity index (χ0) is 17.5. The molecule has 0 aliphatic carbocycles. The number of guanidine groups is 1. The Morgan fingerprint density at radius 3 is 2.17 bits per heavy atom. The van der Waals surface area contributed by atoms with Crippen molar-refractivity contribution in [1.29, 1.82) is 0 Å². The van der Waals surface area contributed by atoms with Gasteiger partial charge in [0.1, 0.15) is 0 Å². The maximum atomic E-state index is 12.5. The van der Waals surface area contributed by atoms with E-state index in [4.69, 9.17) is 0 Å². The molecule has 0 saturated heterocycles. The highest BCUT2D eigenvalue weighted by Gasteiger charge is 2.21. The van der Waals surface area contributed by atoms with Gasteiger partial charge in [-0.3, -0.25) is 4.99 Å². The Balaban J connectivity index is 0.00000529. The molecule has 5 nitrogen and oxygen atoms in total. The van der Waals surface area contributed by atoms with E-state index in [0.717, 1.165) is 0 Å². The second-order valence-electron chi connectivity index (χ2n) is 6.09. The van der Waals surface area contributed by atoms with Gasteiger partial charge in [0.15, 0.2) is 15.8 Å². The van der Waals surface area contributed by atoms with E-state index in [1.807, 2.05) is 13.0 Å². The molecule has 0 bridgehead atoms. The van der Waals surface area contributed by atoms with Gasteiger partial charge >= 0.3 is 0 Å². The second-order valence-corrected chi connectivity index (χ2v) is 8.13. The molecule has 0 saturated carbocycles. The first-order valence-electron chi connectivity index (χ1n) is 8.07. The monoisotopic (exact) mass is 467 g/mol. The molecule has 1 aromatic rings. The summed E-state index contributed by atoms with van der Waals surface area (Å²) in [4.78, 5) is 4.56. The summed E-state index contributed by atoms with van der Waals surface area (Å²) < 4.78 is 25.0. The molecular formula is C17H30IN3O2S. The van der Waals surface area contributed by atoms with Crippen molar-refractivity contribution in [2.45, 2.75) is 51.1 Å². The minimum Gasteiger partial charge on any atom is -0.354 e. The topological polar surface area (TPSA) is 70.6 Å². The normalized spacial score (nSPS) is 14.7. The Labute approximate surface area is 163 Å². The van der Waals surface area contributed by atoms with Gasteiger partial charge in [-0.15, -0.1) is 24.0 Å². The van der Waals surface area contributed by atoms with Crippen molar-refractivity contribution < 1.29 is 8.42 Å². The molecule has 1 aromatic carbocycles. The molecule has 24 heavy (non-hydrogen) atoms. The SMILES string of the molecule is CCC(CS(=O)(=O)c1ccccc1)NC(=NC)NC(C)C(C)C.I. The molecule has 0 aliphatic rings. The maximum Gasteiger partial charge on any atom is 0.191 e. The maximum absolute atomic E-state index is 12.5. The highest BCUT2D eigenvalue weighted by atomic mass is 127. The number of rotatable bonds is 7. The minimum absolute atomic E-state index is 0. The molecule has 0 heterocycles. The number of sulfone groups is 1. The van der Waals surface area contributed by atoms with Crippen LogP contribution in [0, 0.1) is 5.92 Å². The molecule has 7 heteroatoms. The Morgan fingerprint density at radius 2 is 1.71 bits per heavy atom. The number of benzene rings is 1. The summed E-state index contributed by atoms with van der Waals surface area (Å²) in [5, 5.41) is 6.53. The number of aliphatic imine (C=N–C) groups is 1. The van der Waals surface area contributed by atoms with Crippen molar-refractivity contribution in [2.24, 2.45) is 10.9 Å². The number of hydrogen-bond acceptors (Lipinski definition) is 3. The summed E-state index contributed by atoms with van der Waals surface area (Å²) in [6.45, 7) is 8.31. The van der Waals surface area contributed by atoms with Gasteiger partial charge in [-0.05, 0) is 31.4 Å². The van der Waals surface area contributed by atoms with Gasteiger partial charge in [-0.1, -0.05) is 39.0 Å². The lowest BCUT2D eigenvalue weighted by Gasteiger charge is -2.24. The molecule has 0 aromatic heterocycles. The molecule has 2 unspecified atom stereocenters. The zero-order valence-electron chi connectivity index (χ0n) is 15.1. The van der Waals surface area contributed by atoms with Crippen LogP contribution in [0.1, 0.15) is 34.1 Å². The van der Waals surface area contributed by atoms with Crippen molar-refractivity contribution >= 4 is 39.8 Å². The van der Waals surface area contributed by atoms with Crippen LogP contribution < -0.4 is 10.6 Å². The van der Waals surface area contributed by atoms with Gasteiger partial charge in [0.05, 0.1) is 10.6 Å². The van der Waals surface area contributed by atoms with Crippen LogP contribution in [0.4, 0.5) is 0 Å². The largest absolute Gasteiger partial charge is 0.354 e. The molecule has 2 atom stereocenters. The highest BCUT2D eigenvalue weighted by molar-refractivity contribution is 14.0. The Kier molecular flexibility index (Phi) is 10.5. The highest BCUT2D eigenvalue weighted by Crippen LogP contribution is 2.12. The van der Waals surface area contributed by atoms with Gasteiger partial charge in [-0.25, -0.2) is 8.42 Å². The van der Waals surface area contributed by atoms with Gasteiger partial charge < -0.3 is 10.6 Å². The van der Waals surface area contributed by atoms with E-state index in [9.17, 15) is 8.42 Å². The molecule has 0 radical (unpaired) electrons. The lowest BCUT2D eigenvalue weighted by Crippen LogP contribution is -2.49. The van der Waals surface area contributed by atoms with E-state index in [1.54, 1.807) is 31.3 Å². The summed E-state index contributed by atoms with van der Waals surface area (Å²) >= 11 is 0. The summed E-state index contributed by atoms with van der Waals surface area (Å²) in [5.74, 6) is 1.15. The van der Waals surface area contributed by atoms with Crippen LogP contribution in [0.3, 0.4) is 0 Å². The molecular weight excluding hydrogens is 437 g/mol. The predicted octanol–water partition coefficient (Wildman–Crippen LogP) is 3.07. The van der Waals surface area contributed by atoms with Crippen molar-refractivity contribution in [3.8, 4) is 0 Å². The fourth-order valence-electron chi connectivity index (χ4n) is 2.00. The summed E-state index contributed by atoms with van der Waals surface area (Å²) in [7, 11) is -1.62. The predicted molar refractivity (Wildman–Crippen MR) is 112 cm³/mol. The number of nitrogens with one attached hydrogen (secondary N) is 2. The quantitative estimate of drug-likeness (QED) is 0.368. The lowest BCUT2D eigenvalue weighted by atomic mass is 10.1. The molecule has 0 amide bonds. The van der Waals surface area contributed by atoms with Crippen LogP contribution in [-0.4, -0.2) is 39.3 Å². The standard InChI is InChI=1S/C17H29N3O2S.HI/c1-6-15(20-17(18-5)19-14(4)13(2)3)12-23(21,22)16-10-8-7-9-11-16;/h7-11,13-15H,6,12H2,1-5H3,(H2,18,19,20);1H. The van der Waals surface area contributed by atoms with Gasteiger partial charge in [-0.2, -0.15) is 0 Å². The van der Waals surface area contributed by atoms with Crippen LogP contribution in [-0.2, 0) is 9.84 Å². The van der Waals surface area contributed by atoms with Gasteiger partial charge in [0.25, 0.3) is 0 Å². The Morgan fingerprint density at radius 1 is 1.12 bits per heavy atom. The molecule has 0 fully saturated rings. The Bertz CT molecular complexity index is 604. The second kappa shape index (κ2) is 10.9. The van der Waals surface area contributed by atoms with Crippen LogP contribution in [0.2, 0.25) is 0 Å². The first kappa shape index (κ1) is 23.2. The van der Waals surface area contributed by atoms with Crippen LogP contribution in [0.25, 0.3) is 0 Å². The van der Waals surface area contributed by atoms with Gasteiger partial charge in [0, 0.05) is 19.1 Å². The van der Waals surface area contributed by atoms with E-state index in [2.05, 4.69) is 36.4 Å². The fraction of sp³-hybridized carbons (Fsp3) is 0.588. The molecule has 138 valence electrons. The third kappa shape index (κ3) is 7.38. The van der Waals surface area contributed by atoms with E-state index in [1.165, 1.54) is 0 Å². The average Bonchev–Trinajstić information content (AvgIpc) is 2.53. The smallest absolute Gasteiger partial charge is 0.191 e. The van der Waals surface area contributed by atoms with Crippen molar-refractivity contribution in [1.82, 2.24) is 10.6 Å². The average molecular weight is 467 g/mol. The first-order chi connectivity index (χ1) is 10.8. The van der Waals surface area contributed by atoms with Crippen LogP contribution in [0.5, 0.6) is 0 Å². The van der Waals surface area contributed by atoms with Crippen molar-refractivity contribution in [2.75, 3.05) is 12.8 Å². The summed E-state index contributed by atoms with van der Waals surface area (Å²) in [5.41, 5.74) is 0. The van der Waals surface area contributed by atoms with Crippen molar-refractivity contribution in [3.63, 3.8) is 0 Å². The molecule has 1 rings (SSSR count). The van der Waals surface area contributed by atoms with Crippen molar-refractivity contribution in [3.05, 3.63) is 30.3 Å². The third-order valence-corrected chi connectivity index (χ3v) is 5.78. The molecule has 0 spiro atoms. The number of halogens is 1. The molecule has 2 N–H and O–H groups in total. The fourth-order valence-corrected chi connectivity index (χ4v) is 3.61. The van der Waals surface area contributed by atoms with Crippen LogP contribution >= 0.6 is 24.0 Å².